The summed E-state index contributed by atoms with van der Waals surface area (Å²) in [6, 6.07) is 0.155. The van der Waals surface area contributed by atoms with Crippen LogP contribution >= 0.6 is 0 Å². The van der Waals surface area contributed by atoms with Gasteiger partial charge in [0.15, 0.2) is 5.65 Å². The molecule has 2 N–H and O–H groups in total. The van der Waals surface area contributed by atoms with E-state index in [2.05, 4.69) is 21.4 Å². The molecule has 0 aromatic carbocycles. The van der Waals surface area contributed by atoms with Crippen molar-refractivity contribution < 1.29 is 14.3 Å². The zero-order valence-corrected chi connectivity index (χ0v) is 27.7. The van der Waals surface area contributed by atoms with E-state index in [1.165, 1.54) is 5.57 Å². The number of amidine groups is 1. The number of aliphatic imine (C=N–C) groups is 1. The lowest BCUT2D eigenvalue weighted by Gasteiger charge is -2.34. The van der Waals surface area contributed by atoms with Crippen molar-refractivity contribution in [1.29, 1.82) is 0 Å². The van der Waals surface area contributed by atoms with Gasteiger partial charge in [0.2, 0.25) is 5.95 Å². The van der Waals surface area contributed by atoms with Crippen molar-refractivity contribution in [2.24, 2.45) is 10.7 Å². The molecule has 0 saturated carbocycles. The summed E-state index contributed by atoms with van der Waals surface area (Å²) in [7, 11) is 1.76. The first-order valence-corrected chi connectivity index (χ1v) is 15.7. The summed E-state index contributed by atoms with van der Waals surface area (Å²) in [5.41, 5.74) is 9.91. The topological polar surface area (TPSA) is 124 Å². The highest BCUT2D eigenvalue weighted by atomic mass is 16.6. The van der Waals surface area contributed by atoms with Gasteiger partial charge in [0.05, 0.1) is 12.4 Å². The minimum Gasteiger partial charge on any atom is -0.444 e. The molecule has 43 heavy (non-hydrogen) atoms. The third-order valence-corrected chi connectivity index (χ3v) is 7.65. The van der Waals surface area contributed by atoms with Gasteiger partial charge in [-0.15, -0.1) is 0 Å². The first-order valence-electron chi connectivity index (χ1n) is 15.7. The number of nitrogens with zero attached hydrogens (tertiary/aromatic N) is 7. The second kappa shape index (κ2) is 15.3. The number of piperidine rings is 2. The fourth-order valence-electron chi connectivity index (χ4n) is 5.18. The molecule has 2 aliphatic heterocycles. The van der Waals surface area contributed by atoms with E-state index in [4.69, 9.17) is 30.2 Å². The van der Waals surface area contributed by atoms with Crippen LogP contribution in [0.5, 0.6) is 0 Å². The number of rotatable bonds is 7. The molecule has 238 valence electrons. The van der Waals surface area contributed by atoms with E-state index in [1.54, 1.807) is 18.2 Å². The molecular formula is C32H52N8O3. The predicted molar refractivity (Wildman–Crippen MR) is 174 cm³/mol. The number of fused-ring (bicyclic) bond motifs is 1. The lowest BCUT2D eigenvalue weighted by molar-refractivity contribution is 0.0189. The van der Waals surface area contributed by atoms with Crippen molar-refractivity contribution in [3.8, 4) is 0 Å². The monoisotopic (exact) mass is 596 g/mol. The molecule has 2 saturated heterocycles. The summed E-state index contributed by atoms with van der Waals surface area (Å²) in [4.78, 5) is 35.9. The minimum atomic E-state index is -0.514. The maximum Gasteiger partial charge on any atom is 0.410 e. The molecule has 1 unspecified atom stereocenters. The smallest absolute Gasteiger partial charge is 0.410 e. The molecule has 0 aliphatic carbocycles. The van der Waals surface area contributed by atoms with Gasteiger partial charge in [-0.05, 0) is 78.4 Å². The van der Waals surface area contributed by atoms with E-state index in [0.717, 1.165) is 67.6 Å². The van der Waals surface area contributed by atoms with Gasteiger partial charge in [0, 0.05) is 45.5 Å². The van der Waals surface area contributed by atoms with Crippen LogP contribution in [0.15, 0.2) is 29.2 Å². The van der Waals surface area contributed by atoms with Crippen LogP contribution in [-0.2, 0) is 9.47 Å². The Morgan fingerprint density at radius 3 is 2.47 bits per heavy atom. The summed E-state index contributed by atoms with van der Waals surface area (Å²) < 4.78 is 13.4. The summed E-state index contributed by atoms with van der Waals surface area (Å²) >= 11 is 0. The lowest BCUT2D eigenvalue weighted by Crippen LogP contribution is -2.42. The number of anilines is 1. The fourth-order valence-corrected chi connectivity index (χ4v) is 5.18. The minimum absolute atomic E-state index is 0.142. The van der Waals surface area contributed by atoms with Gasteiger partial charge in [0.25, 0.3) is 0 Å². The molecule has 2 aromatic rings. The van der Waals surface area contributed by atoms with Crippen LogP contribution in [0.4, 0.5) is 10.7 Å². The maximum atomic E-state index is 12.6. The van der Waals surface area contributed by atoms with Gasteiger partial charge < -0.3 is 29.6 Å². The number of carbonyl (C=O) groups excluding carboxylic acids is 1. The SMILES string of the molecule is CC.CC/C(C)=C/C(N)=N/C=C(\C)c1nc(N2CCCC(OC)C2)nc2c1ncn2C1CCN(C(=O)OC(C)(C)C)CC1. The van der Waals surface area contributed by atoms with Gasteiger partial charge in [-0.25, -0.2) is 19.8 Å². The largest absolute Gasteiger partial charge is 0.444 e. The highest BCUT2D eigenvalue weighted by Gasteiger charge is 2.30. The number of hydrogen-bond donors (Lipinski definition) is 1. The van der Waals surface area contributed by atoms with Crippen molar-refractivity contribution in [2.75, 3.05) is 38.2 Å². The number of nitrogens with two attached hydrogens (primary N) is 1. The van der Waals surface area contributed by atoms with Crippen molar-refractivity contribution >= 4 is 34.6 Å². The molecule has 4 rings (SSSR count). The normalized spacial score (nSPS) is 19.4. The molecule has 1 amide bonds. The van der Waals surface area contributed by atoms with E-state index >= 15 is 0 Å². The van der Waals surface area contributed by atoms with E-state index in [9.17, 15) is 4.79 Å². The molecule has 1 atom stereocenters. The Bertz CT molecular complexity index is 1320. The quantitative estimate of drug-likeness (QED) is 0.300. The number of likely N-dealkylation sites (tertiary alicyclic amines) is 1. The third kappa shape index (κ3) is 9.01. The molecule has 0 radical (unpaired) electrons. The molecule has 0 bridgehead atoms. The highest BCUT2D eigenvalue weighted by molar-refractivity contribution is 5.93. The van der Waals surface area contributed by atoms with Gasteiger partial charge in [-0.1, -0.05) is 26.3 Å². The number of carbonyl (C=O) groups is 1. The Labute approximate surface area is 257 Å². The summed E-state index contributed by atoms with van der Waals surface area (Å²) in [5, 5.41) is 0. The van der Waals surface area contributed by atoms with Crippen LogP contribution in [0, 0.1) is 0 Å². The van der Waals surface area contributed by atoms with Crippen LogP contribution in [0.25, 0.3) is 16.7 Å². The van der Waals surface area contributed by atoms with Gasteiger partial charge in [-0.2, -0.15) is 4.98 Å². The second-order valence-electron chi connectivity index (χ2n) is 12.1. The second-order valence-corrected chi connectivity index (χ2v) is 12.1. The highest BCUT2D eigenvalue weighted by Crippen LogP contribution is 2.31. The number of ether oxygens (including phenoxy) is 2. The summed E-state index contributed by atoms with van der Waals surface area (Å²) in [5.74, 6) is 1.11. The van der Waals surface area contributed by atoms with Crippen LogP contribution in [-0.4, -0.2) is 81.3 Å². The predicted octanol–water partition coefficient (Wildman–Crippen LogP) is 6.11. The summed E-state index contributed by atoms with van der Waals surface area (Å²) in [6.07, 6.45) is 9.90. The fraction of sp³-hybridized carbons (Fsp3) is 0.656. The first-order chi connectivity index (χ1) is 20.5. The Morgan fingerprint density at radius 2 is 1.84 bits per heavy atom. The molecule has 11 nitrogen and oxygen atoms in total. The number of amides is 1. The van der Waals surface area contributed by atoms with Gasteiger partial charge in [0.1, 0.15) is 22.6 Å². The van der Waals surface area contributed by atoms with E-state index in [0.29, 0.717) is 24.9 Å². The standard InChI is InChI=1S/C30H46N8O3.C2H6/c1-8-20(2)16-24(31)32-17-21(3)25-26-27(35-28(34-25)37-13-9-10-23(18-37)40-7)38(19-33-26)22-11-14-36(15-12-22)29(39)41-30(4,5)6;1-2/h16-17,19,22-23H,8-15,18H2,1-7H3,(H2,31,32);1-2H3/b20-16+,21-17+;. The molecule has 2 fully saturated rings. The average molecular weight is 597 g/mol. The van der Waals surface area contributed by atoms with E-state index in [1.807, 2.05) is 60.9 Å². The zero-order valence-electron chi connectivity index (χ0n) is 27.7. The van der Waals surface area contributed by atoms with Gasteiger partial charge in [-0.3, -0.25) is 0 Å². The molecule has 2 aromatic heterocycles. The molecule has 4 heterocycles. The van der Waals surface area contributed by atoms with Gasteiger partial charge >= 0.3 is 6.09 Å². The third-order valence-electron chi connectivity index (χ3n) is 7.65. The van der Waals surface area contributed by atoms with E-state index < -0.39 is 5.60 Å². The van der Waals surface area contributed by atoms with E-state index in [-0.39, 0.29) is 18.2 Å². The Hall–Kier alpha value is -3.47. The van der Waals surface area contributed by atoms with Crippen LogP contribution < -0.4 is 10.6 Å². The van der Waals surface area contributed by atoms with Crippen LogP contribution in [0.1, 0.15) is 99.2 Å². The Morgan fingerprint density at radius 1 is 1.14 bits per heavy atom. The maximum absolute atomic E-state index is 12.6. The van der Waals surface area contributed by atoms with Crippen molar-refractivity contribution in [1.82, 2.24) is 24.4 Å². The number of allylic oxidation sites excluding steroid dienone is 2. The van der Waals surface area contributed by atoms with Crippen molar-refractivity contribution in [3.63, 3.8) is 0 Å². The Kier molecular flexibility index (Phi) is 12.1. The Balaban J connectivity index is 0.00000248. The van der Waals surface area contributed by atoms with Crippen molar-refractivity contribution in [3.05, 3.63) is 29.9 Å². The van der Waals surface area contributed by atoms with Crippen LogP contribution in [0.3, 0.4) is 0 Å². The summed E-state index contributed by atoms with van der Waals surface area (Å²) in [6.45, 7) is 18.6. The van der Waals surface area contributed by atoms with Crippen LogP contribution in [0.2, 0.25) is 0 Å². The molecule has 11 heteroatoms. The molecule has 2 aliphatic rings. The lowest BCUT2D eigenvalue weighted by atomic mass is 10.1. The van der Waals surface area contributed by atoms with Crippen molar-refractivity contribution in [2.45, 2.75) is 105 Å². The molecule has 0 spiro atoms. The zero-order chi connectivity index (χ0) is 31.7. The number of imidazole rings is 1. The number of methoxy groups -OCH3 is 1. The first kappa shape index (κ1) is 34.0. The number of aromatic nitrogens is 4. The number of hydrogen-bond acceptors (Lipinski definition) is 8. The molecular weight excluding hydrogens is 544 g/mol. The average Bonchev–Trinajstić information content (AvgIpc) is 3.43.